The van der Waals surface area contributed by atoms with Gasteiger partial charge in [-0.05, 0) is 43.0 Å². The summed E-state index contributed by atoms with van der Waals surface area (Å²) in [4.78, 5) is 11.0. The molecular formula is C17H14ClN2O2-. The molecule has 0 heterocycles. The predicted molar refractivity (Wildman–Crippen MR) is 85.3 cm³/mol. The maximum atomic E-state index is 11.0. The number of hydrogen-bond acceptors (Lipinski definition) is 4. The van der Waals surface area contributed by atoms with Crippen molar-refractivity contribution in [3.05, 3.63) is 64.2 Å². The van der Waals surface area contributed by atoms with Gasteiger partial charge in [0.05, 0.1) is 17.4 Å². The fourth-order valence-electron chi connectivity index (χ4n) is 2.60. The number of nitrogens with one attached hydrogen (secondary N) is 1. The van der Waals surface area contributed by atoms with Crippen molar-refractivity contribution in [2.45, 2.75) is 19.3 Å². The number of anilines is 1. The van der Waals surface area contributed by atoms with Crippen molar-refractivity contribution < 1.29 is 9.90 Å². The van der Waals surface area contributed by atoms with Crippen molar-refractivity contribution in [3.8, 4) is 0 Å². The quantitative estimate of drug-likeness (QED) is 0.886. The molecule has 0 aromatic heterocycles. The molecule has 2 aromatic carbocycles. The molecule has 22 heavy (non-hydrogen) atoms. The van der Waals surface area contributed by atoms with Gasteiger partial charge in [0.1, 0.15) is 0 Å². The lowest BCUT2D eigenvalue weighted by molar-refractivity contribution is -0.255. The van der Waals surface area contributed by atoms with Gasteiger partial charge < -0.3 is 9.90 Å². The van der Waals surface area contributed by atoms with Crippen molar-refractivity contribution in [1.29, 1.82) is 0 Å². The van der Waals surface area contributed by atoms with Crippen LogP contribution < -0.4 is 10.5 Å². The Morgan fingerprint density at radius 2 is 2.00 bits per heavy atom. The number of hydrogen-bond donors (Lipinski definition) is 1. The summed E-state index contributed by atoms with van der Waals surface area (Å²) in [5, 5.41) is 15.6. The van der Waals surface area contributed by atoms with Crippen LogP contribution in [0.5, 0.6) is 0 Å². The molecule has 112 valence electrons. The van der Waals surface area contributed by atoms with Crippen LogP contribution in [0.15, 0.2) is 47.6 Å². The molecule has 1 aliphatic rings. The second kappa shape index (κ2) is 6.20. The van der Waals surface area contributed by atoms with Gasteiger partial charge in [-0.15, -0.1) is 0 Å². The number of nitrogens with zero attached hydrogens (tertiary/aromatic N) is 1. The molecule has 0 amide bonds. The van der Waals surface area contributed by atoms with Gasteiger partial charge in [-0.2, -0.15) is 5.10 Å². The van der Waals surface area contributed by atoms with Gasteiger partial charge in [0.15, 0.2) is 0 Å². The first-order valence-corrected chi connectivity index (χ1v) is 7.44. The van der Waals surface area contributed by atoms with Crippen LogP contribution in [0.3, 0.4) is 0 Å². The van der Waals surface area contributed by atoms with Crippen LogP contribution in [-0.4, -0.2) is 11.7 Å². The van der Waals surface area contributed by atoms with E-state index in [1.807, 2.05) is 12.1 Å². The topological polar surface area (TPSA) is 64.5 Å². The molecule has 1 N–H and O–H groups in total. The number of carbonyl (C=O) groups excluding carboxylic acids is 1. The number of aromatic carboxylic acids is 1. The van der Waals surface area contributed by atoms with Crippen molar-refractivity contribution in [1.82, 2.24) is 0 Å². The fourth-order valence-corrected chi connectivity index (χ4v) is 2.79. The van der Waals surface area contributed by atoms with Crippen LogP contribution in [0.2, 0.25) is 5.02 Å². The molecule has 0 saturated carbocycles. The smallest absolute Gasteiger partial charge is 0.0731 e. The number of carboxylic acids is 1. The number of aryl methyl sites for hydroxylation is 1. The molecule has 0 spiro atoms. The molecule has 0 atom stereocenters. The van der Waals surface area contributed by atoms with Gasteiger partial charge >= 0.3 is 0 Å². The zero-order valence-corrected chi connectivity index (χ0v) is 12.6. The standard InChI is InChI=1S/C17H15ClN2O2/c18-15-9-8-12(10-14(15)17(21)22)19-20-16-7-3-5-11-4-1-2-6-13(11)16/h1-2,4,6,8-10,19H,3,5,7H2,(H,21,22)/p-1. The average Bonchev–Trinajstić information content (AvgIpc) is 2.53. The number of fused-ring (bicyclic) bond motifs is 1. The minimum atomic E-state index is -1.30. The number of benzene rings is 2. The highest BCUT2D eigenvalue weighted by atomic mass is 35.5. The monoisotopic (exact) mass is 313 g/mol. The van der Waals surface area contributed by atoms with Gasteiger partial charge in [-0.3, -0.25) is 5.43 Å². The molecule has 0 unspecified atom stereocenters. The molecule has 0 radical (unpaired) electrons. The molecular weight excluding hydrogens is 300 g/mol. The Morgan fingerprint density at radius 3 is 2.82 bits per heavy atom. The lowest BCUT2D eigenvalue weighted by atomic mass is 9.90. The van der Waals surface area contributed by atoms with Gasteiger partial charge in [0, 0.05) is 16.1 Å². The molecule has 3 rings (SSSR count). The van der Waals surface area contributed by atoms with Crippen molar-refractivity contribution >= 4 is 29.0 Å². The summed E-state index contributed by atoms with van der Waals surface area (Å²) in [6, 6.07) is 12.8. The van der Waals surface area contributed by atoms with E-state index in [0.717, 1.165) is 30.5 Å². The Kier molecular flexibility index (Phi) is 4.11. The van der Waals surface area contributed by atoms with Gasteiger partial charge in [0.25, 0.3) is 0 Å². The van der Waals surface area contributed by atoms with Gasteiger partial charge in [0.2, 0.25) is 0 Å². The SMILES string of the molecule is O=C([O-])c1cc(NN=C2CCCc3ccccc32)ccc1Cl. The van der Waals surface area contributed by atoms with E-state index in [9.17, 15) is 9.90 Å². The average molecular weight is 314 g/mol. The molecule has 0 aliphatic heterocycles. The van der Waals surface area contributed by atoms with Crippen LogP contribution >= 0.6 is 11.6 Å². The van der Waals surface area contributed by atoms with Gasteiger partial charge in [-0.25, -0.2) is 0 Å². The normalized spacial score (nSPS) is 15.4. The fraction of sp³-hybridized carbons (Fsp3) is 0.176. The summed E-state index contributed by atoms with van der Waals surface area (Å²) in [7, 11) is 0. The highest BCUT2D eigenvalue weighted by molar-refractivity contribution is 6.33. The van der Waals surface area contributed by atoms with E-state index in [0.29, 0.717) is 5.69 Å². The third-order valence-corrected chi connectivity index (χ3v) is 4.02. The maximum Gasteiger partial charge on any atom is 0.0731 e. The first kappa shape index (κ1) is 14.6. The summed E-state index contributed by atoms with van der Waals surface area (Å²) < 4.78 is 0. The van der Waals surface area contributed by atoms with Crippen molar-refractivity contribution in [2.75, 3.05) is 5.43 Å². The van der Waals surface area contributed by atoms with Crippen LogP contribution in [-0.2, 0) is 6.42 Å². The highest BCUT2D eigenvalue weighted by Crippen LogP contribution is 2.23. The molecule has 4 nitrogen and oxygen atoms in total. The maximum absolute atomic E-state index is 11.0. The number of rotatable bonds is 3. The summed E-state index contributed by atoms with van der Waals surface area (Å²) in [5.41, 5.74) is 6.86. The minimum Gasteiger partial charge on any atom is -0.545 e. The first-order chi connectivity index (χ1) is 10.6. The van der Waals surface area contributed by atoms with E-state index in [4.69, 9.17) is 11.6 Å². The van der Waals surface area contributed by atoms with Crippen LogP contribution in [0.4, 0.5) is 5.69 Å². The number of carboxylic acid groups (broad SMARTS) is 1. The molecule has 1 aliphatic carbocycles. The van der Waals surface area contributed by atoms with E-state index in [1.165, 1.54) is 17.7 Å². The van der Waals surface area contributed by atoms with Crippen molar-refractivity contribution in [3.63, 3.8) is 0 Å². The zero-order valence-electron chi connectivity index (χ0n) is 11.8. The third-order valence-electron chi connectivity index (χ3n) is 3.69. The predicted octanol–water partition coefficient (Wildman–Crippen LogP) is 2.86. The Hall–Kier alpha value is -2.33. The van der Waals surface area contributed by atoms with Crippen LogP contribution in [0.1, 0.15) is 34.3 Å². The van der Waals surface area contributed by atoms with E-state index >= 15 is 0 Å². The summed E-state index contributed by atoms with van der Waals surface area (Å²) in [6.07, 6.45) is 3.01. The second-order valence-electron chi connectivity index (χ2n) is 5.16. The highest BCUT2D eigenvalue weighted by Gasteiger charge is 2.14. The second-order valence-corrected chi connectivity index (χ2v) is 5.57. The van der Waals surface area contributed by atoms with E-state index in [2.05, 4.69) is 22.7 Å². The number of hydrazone groups is 1. The Bertz CT molecular complexity index is 756. The molecule has 0 fully saturated rings. The van der Waals surface area contributed by atoms with E-state index < -0.39 is 5.97 Å². The largest absolute Gasteiger partial charge is 0.545 e. The van der Waals surface area contributed by atoms with E-state index in [1.54, 1.807) is 6.07 Å². The van der Waals surface area contributed by atoms with Crippen molar-refractivity contribution in [2.24, 2.45) is 5.10 Å². The Labute approximate surface area is 133 Å². The molecule has 0 bridgehead atoms. The first-order valence-electron chi connectivity index (χ1n) is 7.07. The summed E-state index contributed by atoms with van der Waals surface area (Å²) >= 11 is 5.82. The lowest BCUT2D eigenvalue weighted by Gasteiger charge is -2.17. The lowest BCUT2D eigenvalue weighted by Crippen LogP contribution is -2.22. The van der Waals surface area contributed by atoms with Gasteiger partial charge in [-0.1, -0.05) is 35.9 Å². The number of halogens is 1. The third kappa shape index (κ3) is 2.97. The summed E-state index contributed by atoms with van der Waals surface area (Å²) in [6.45, 7) is 0. The zero-order chi connectivity index (χ0) is 15.5. The molecule has 0 saturated heterocycles. The molecule has 2 aromatic rings. The van der Waals surface area contributed by atoms with E-state index in [-0.39, 0.29) is 10.6 Å². The van der Waals surface area contributed by atoms with Crippen LogP contribution in [0, 0.1) is 0 Å². The summed E-state index contributed by atoms with van der Waals surface area (Å²) in [5.74, 6) is -1.30. The Balaban J connectivity index is 1.86. The van der Waals surface area contributed by atoms with Crippen LogP contribution in [0.25, 0.3) is 0 Å². The Morgan fingerprint density at radius 1 is 1.18 bits per heavy atom. The molecule has 5 heteroatoms. The minimum absolute atomic E-state index is 0.0455. The number of carbonyl (C=O) groups is 1.